The molecule has 0 amide bonds. The standard InChI is InChI=1S/C17H39NO4P2/c1-10-15(18,13(4)23-16(11-2,19-6)20-7)14(5)24-17(12-3,21-8)22-9/h13-14,23-24H,10-12,18H2,1-9H3. The van der Waals surface area contributed by atoms with E-state index in [0.717, 1.165) is 19.3 Å². The fraction of sp³-hybridized carbons (Fsp3) is 1.00. The van der Waals surface area contributed by atoms with Crippen molar-refractivity contribution in [3.05, 3.63) is 0 Å². The molecule has 0 rings (SSSR count). The topological polar surface area (TPSA) is 62.9 Å². The second-order valence-electron chi connectivity index (χ2n) is 6.23. The summed E-state index contributed by atoms with van der Waals surface area (Å²) in [6.07, 6.45) is 2.48. The molecule has 0 aliphatic rings. The number of methoxy groups -OCH3 is 4. The average molecular weight is 383 g/mol. The molecule has 7 heteroatoms. The van der Waals surface area contributed by atoms with Crippen molar-refractivity contribution in [3.63, 3.8) is 0 Å². The summed E-state index contributed by atoms with van der Waals surface area (Å²) in [5.41, 5.74) is 6.01. The molecule has 24 heavy (non-hydrogen) atoms. The van der Waals surface area contributed by atoms with Gasteiger partial charge in [-0.2, -0.15) is 0 Å². The highest BCUT2D eigenvalue weighted by atomic mass is 31.1. The first-order valence-electron chi connectivity index (χ1n) is 8.73. The lowest BCUT2D eigenvalue weighted by atomic mass is 9.90. The van der Waals surface area contributed by atoms with Crippen molar-refractivity contribution < 1.29 is 18.9 Å². The molecule has 4 unspecified atom stereocenters. The van der Waals surface area contributed by atoms with Gasteiger partial charge in [0.15, 0.2) is 11.1 Å². The lowest BCUT2D eigenvalue weighted by molar-refractivity contribution is -0.139. The summed E-state index contributed by atoms with van der Waals surface area (Å²) in [5.74, 6) is 0. The highest BCUT2D eigenvalue weighted by Gasteiger charge is 2.44. The Bertz CT molecular complexity index is 305. The van der Waals surface area contributed by atoms with Crippen LogP contribution in [0.15, 0.2) is 0 Å². The minimum absolute atomic E-state index is 0.258. The first-order chi connectivity index (χ1) is 11.2. The second kappa shape index (κ2) is 10.7. The predicted molar refractivity (Wildman–Crippen MR) is 107 cm³/mol. The van der Waals surface area contributed by atoms with E-state index in [1.165, 1.54) is 0 Å². The molecule has 0 radical (unpaired) electrons. The largest absolute Gasteiger partial charge is 0.350 e. The van der Waals surface area contributed by atoms with E-state index in [-0.39, 0.29) is 16.9 Å². The maximum atomic E-state index is 6.92. The third-order valence-electron chi connectivity index (χ3n) is 5.35. The van der Waals surface area contributed by atoms with E-state index in [1.54, 1.807) is 28.4 Å². The number of ether oxygens (including phenoxy) is 4. The van der Waals surface area contributed by atoms with Gasteiger partial charge in [-0.25, -0.2) is 0 Å². The van der Waals surface area contributed by atoms with Gasteiger partial charge in [0.25, 0.3) is 0 Å². The first-order valence-corrected chi connectivity index (χ1v) is 10.9. The lowest BCUT2D eigenvalue weighted by Crippen LogP contribution is -2.56. The Morgan fingerprint density at radius 3 is 1.17 bits per heavy atom. The van der Waals surface area contributed by atoms with Gasteiger partial charge in [0, 0.05) is 46.8 Å². The number of nitrogens with two attached hydrogens (primary N) is 1. The maximum Gasteiger partial charge on any atom is 0.183 e. The third kappa shape index (κ3) is 5.58. The summed E-state index contributed by atoms with van der Waals surface area (Å²) in [6.45, 7) is 10.7. The van der Waals surface area contributed by atoms with Crippen molar-refractivity contribution in [2.24, 2.45) is 5.73 Å². The number of hydrogen-bond acceptors (Lipinski definition) is 5. The van der Waals surface area contributed by atoms with Gasteiger partial charge in [-0.3, -0.25) is 0 Å². The Labute approximate surface area is 152 Å². The highest BCUT2D eigenvalue weighted by molar-refractivity contribution is 7.41. The van der Waals surface area contributed by atoms with E-state index in [1.807, 2.05) is 0 Å². The van der Waals surface area contributed by atoms with Gasteiger partial charge in [0.2, 0.25) is 0 Å². The zero-order valence-electron chi connectivity index (χ0n) is 17.0. The lowest BCUT2D eigenvalue weighted by Gasteiger charge is -2.46. The zero-order chi connectivity index (χ0) is 19.0. The molecule has 0 aromatic carbocycles. The number of rotatable bonds is 13. The zero-order valence-corrected chi connectivity index (χ0v) is 19.0. The van der Waals surface area contributed by atoms with Crippen LogP contribution < -0.4 is 5.73 Å². The molecule has 0 aliphatic heterocycles. The molecule has 0 saturated carbocycles. The van der Waals surface area contributed by atoms with Gasteiger partial charge in [-0.1, -0.05) is 51.8 Å². The molecular formula is C17H39NO4P2. The van der Waals surface area contributed by atoms with Crippen LogP contribution in [0.2, 0.25) is 0 Å². The summed E-state index contributed by atoms with van der Waals surface area (Å²) in [4.78, 5) is 0. The highest BCUT2D eigenvalue weighted by Crippen LogP contribution is 2.50. The van der Waals surface area contributed by atoms with Crippen LogP contribution in [0.4, 0.5) is 0 Å². The molecular weight excluding hydrogens is 344 g/mol. The Kier molecular flexibility index (Phi) is 11.0. The Morgan fingerprint density at radius 1 is 0.708 bits per heavy atom. The summed E-state index contributed by atoms with van der Waals surface area (Å²) in [7, 11) is 7.75. The minimum atomic E-state index is -0.549. The van der Waals surface area contributed by atoms with Crippen LogP contribution in [0.25, 0.3) is 0 Å². The van der Waals surface area contributed by atoms with Gasteiger partial charge >= 0.3 is 0 Å². The van der Waals surface area contributed by atoms with Crippen LogP contribution in [0.1, 0.15) is 53.9 Å². The Balaban J connectivity index is 5.36. The van der Waals surface area contributed by atoms with Crippen molar-refractivity contribution in [1.82, 2.24) is 0 Å². The van der Waals surface area contributed by atoms with Crippen molar-refractivity contribution in [3.8, 4) is 0 Å². The van der Waals surface area contributed by atoms with Gasteiger partial charge < -0.3 is 24.7 Å². The van der Waals surface area contributed by atoms with Crippen LogP contribution in [-0.4, -0.2) is 56.4 Å². The average Bonchev–Trinajstić information content (AvgIpc) is 2.63. The normalized spacial score (nSPS) is 19.2. The summed E-state index contributed by atoms with van der Waals surface area (Å²) in [5, 5.41) is 0. The van der Waals surface area contributed by atoms with E-state index in [0.29, 0.717) is 17.2 Å². The smallest absolute Gasteiger partial charge is 0.183 e. The summed E-state index contributed by atoms with van der Waals surface area (Å²) in [6, 6.07) is 0. The summed E-state index contributed by atoms with van der Waals surface area (Å²) < 4.78 is 22.7. The fourth-order valence-electron chi connectivity index (χ4n) is 3.10. The van der Waals surface area contributed by atoms with Crippen LogP contribution in [0.3, 0.4) is 0 Å². The SMILES string of the molecule is CCC(OC)(OC)PC(C)C(N)(CC)C(C)PC(CC)(OC)OC. The molecule has 0 aliphatic carbocycles. The molecule has 0 bridgehead atoms. The van der Waals surface area contributed by atoms with Crippen LogP contribution in [0.5, 0.6) is 0 Å². The first kappa shape index (κ1) is 24.7. The Morgan fingerprint density at radius 2 is 1.00 bits per heavy atom. The summed E-state index contributed by atoms with van der Waals surface area (Å²) >= 11 is 0. The van der Waals surface area contributed by atoms with Crippen molar-refractivity contribution in [1.29, 1.82) is 0 Å². The van der Waals surface area contributed by atoms with Crippen molar-refractivity contribution in [2.45, 2.75) is 81.8 Å². The molecule has 0 fully saturated rings. The molecule has 146 valence electrons. The second-order valence-corrected chi connectivity index (χ2v) is 10.1. The fourth-order valence-corrected chi connectivity index (χ4v) is 6.91. The van der Waals surface area contributed by atoms with Crippen molar-refractivity contribution >= 4 is 17.2 Å². The van der Waals surface area contributed by atoms with E-state index in [2.05, 4.69) is 34.6 Å². The molecule has 0 aromatic heterocycles. The van der Waals surface area contributed by atoms with Gasteiger partial charge in [-0.15, -0.1) is 0 Å². The molecule has 2 N–H and O–H groups in total. The van der Waals surface area contributed by atoms with Crippen molar-refractivity contribution in [2.75, 3.05) is 28.4 Å². The minimum Gasteiger partial charge on any atom is -0.350 e. The molecule has 4 atom stereocenters. The van der Waals surface area contributed by atoms with E-state index in [9.17, 15) is 0 Å². The van der Waals surface area contributed by atoms with Crippen LogP contribution in [-0.2, 0) is 18.9 Å². The van der Waals surface area contributed by atoms with Crippen LogP contribution >= 0.6 is 17.2 Å². The monoisotopic (exact) mass is 383 g/mol. The van der Waals surface area contributed by atoms with E-state index in [4.69, 9.17) is 24.7 Å². The number of hydrogen-bond donors (Lipinski definition) is 1. The quantitative estimate of drug-likeness (QED) is 0.386. The van der Waals surface area contributed by atoms with Crippen LogP contribution in [0, 0.1) is 0 Å². The molecule has 0 heterocycles. The Hall–Kier alpha value is 0.660. The third-order valence-corrected chi connectivity index (χ3v) is 9.69. The predicted octanol–water partition coefficient (Wildman–Crippen LogP) is 3.94. The molecule has 0 saturated heterocycles. The molecule has 5 nitrogen and oxygen atoms in total. The maximum absolute atomic E-state index is 6.92. The van der Waals surface area contributed by atoms with Gasteiger partial charge in [0.05, 0.1) is 0 Å². The van der Waals surface area contributed by atoms with Gasteiger partial charge in [0.1, 0.15) is 0 Å². The van der Waals surface area contributed by atoms with Gasteiger partial charge in [-0.05, 0) is 17.7 Å². The molecule has 0 spiro atoms. The molecule has 0 aromatic rings. The van der Waals surface area contributed by atoms with E-state index >= 15 is 0 Å². The van der Waals surface area contributed by atoms with E-state index < -0.39 is 11.1 Å².